The Bertz CT molecular complexity index is 425. The highest BCUT2D eigenvalue weighted by Crippen LogP contribution is 2.21. The highest BCUT2D eigenvalue weighted by atomic mass is 32.2. The van der Waals surface area contributed by atoms with Crippen LogP contribution in [0, 0.1) is 0 Å². The Morgan fingerprint density at radius 2 is 2.35 bits per heavy atom. The lowest BCUT2D eigenvalue weighted by atomic mass is 10.2. The lowest BCUT2D eigenvalue weighted by Crippen LogP contribution is -2.38. The molecule has 0 spiro atoms. The van der Waals surface area contributed by atoms with Crippen LogP contribution in [-0.4, -0.2) is 49.0 Å². The first-order valence-electron chi connectivity index (χ1n) is 4.67. The van der Waals surface area contributed by atoms with Crippen LogP contribution in [0.1, 0.15) is 6.30 Å². The van der Waals surface area contributed by atoms with Gasteiger partial charge in [0, 0.05) is 0 Å². The number of hydrogen-bond donors (Lipinski definition) is 3. The molecule has 0 unspecified atom stereocenters. The van der Waals surface area contributed by atoms with Crippen LogP contribution in [0.25, 0.3) is 0 Å². The number of alkyl halides is 1. The van der Waals surface area contributed by atoms with E-state index in [1.54, 1.807) is 6.26 Å². The molecule has 0 aliphatic carbocycles. The first-order chi connectivity index (χ1) is 8.01. The normalized spacial score (nSPS) is 16.5. The first-order valence-corrected chi connectivity index (χ1v) is 5.96. The molecule has 0 aliphatic rings. The molecular weight excluding hydrogens is 251 g/mol. The van der Waals surface area contributed by atoms with Gasteiger partial charge >= 0.3 is 5.69 Å². The summed E-state index contributed by atoms with van der Waals surface area (Å²) in [4.78, 5) is 18.0. The summed E-state index contributed by atoms with van der Waals surface area (Å²) in [7, 11) is 0. The molecular formula is C8H13FN4O3S. The number of nitrogen functional groups attached to an aromatic ring is 1. The van der Waals surface area contributed by atoms with Crippen LogP contribution in [0.3, 0.4) is 0 Å². The minimum atomic E-state index is -2.03. The van der Waals surface area contributed by atoms with Gasteiger partial charge in [-0.1, -0.05) is 0 Å². The molecule has 1 heterocycles. The smallest absolute Gasteiger partial charge is 0.354 e. The Morgan fingerprint density at radius 1 is 1.71 bits per heavy atom. The minimum absolute atomic E-state index is 0.267. The van der Waals surface area contributed by atoms with Crippen molar-refractivity contribution in [2.75, 3.05) is 18.6 Å². The molecule has 96 valence electrons. The minimum Gasteiger partial charge on any atom is -0.395 e. The summed E-state index contributed by atoms with van der Waals surface area (Å²) >= 11 is 1.09. The average Bonchev–Trinajstić information content (AvgIpc) is 2.29. The Balaban J connectivity index is 2.95. The first kappa shape index (κ1) is 13.9. The van der Waals surface area contributed by atoms with Crippen molar-refractivity contribution >= 4 is 17.7 Å². The zero-order valence-corrected chi connectivity index (χ0v) is 9.84. The van der Waals surface area contributed by atoms with E-state index in [9.17, 15) is 14.3 Å². The molecule has 0 saturated heterocycles. The van der Waals surface area contributed by atoms with Crippen molar-refractivity contribution in [3.05, 3.63) is 16.8 Å². The largest absolute Gasteiger partial charge is 0.395 e. The van der Waals surface area contributed by atoms with Crippen LogP contribution >= 0.6 is 11.8 Å². The Hall–Kier alpha value is -1.19. The highest BCUT2D eigenvalue weighted by Gasteiger charge is 2.29. The van der Waals surface area contributed by atoms with Gasteiger partial charge in [0.2, 0.25) is 12.2 Å². The maximum atomic E-state index is 13.8. The summed E-state index contributed by atoms with van der Waals surface area (Å²) in [5.74, 6) is -0.267. The van der Waals surface area contributed by atoms with Crippen LogP contribution in [-0.2, 0) is 0 Å². The number of aliphatic hydroxyl groups is 2. The van der Waals surface area contributed by atoms with E-state index in [1.165, 1.54) is 0 Å². The Kier molecular flexibility index (Phi) is 4.85. The second kappa shape index (κ2) is 5.94. The number of nitrogens with zero attached hydrogens (tertiary/aromatic N) is 3. The van der Waals surface area contributed by atoms with Crippen LogP contribution in [0.5, 0.6) is 0 Å². The quantitative estimate of drug-likeness (QED) is 0.610. The van der Waals surface area contributed by atoms with Gasteiger partial charge in [0.05, 0.1) is 11.9 Å². The summed E-state index contributed by atoms with van der Waals surface area (Å²) in [5, 5.41) is 17.8. The van der Waals surface area contributed by atoms with Crippen LogP contribution in [0.15, 0.2) is 11.1 Å². The third-order valence-corrected chi connectivity index (χ3v) is 3.19. The number of aliphatic hydroxyl groups excluding tert-OH is 2. The molecule has 0 radical (unpaired) electrons. The number of anilines is 1. The molecule has 9 heteroatoms. The van der Waals surface area contributed by atoms with E-state index in [2.05, 4.69) is 9.97 Å². The van der Waals surface area contributed by atoms with Crippen molar-refractivity contribution < 1.29 is 14.6 Å². The molecule has 4 N–H and O–H groups in total. The van der Waals surface area contributed by atoms with Crippen LogP contribution in [0.2, 0.25) is 0 Å². The summed E-state index contributed by atoms with van der Waals surface area (Å²) in [6, 6.07) is 0. The van der Waals surface area contributed by atoms with Crippen molar-refractivity contribution in [1.29, 1.82) is 0 Å². The monoisotopic (exact) mass is 264 g/mol. The highest BCUT2D eigenvalue weighted by molar-refractivity contribution is 7.99. The molecule has 0 aliphatic heterocycles. The molecule has 0 aromatic carbocycles. The summed E-state index contributed by atoms with van der Waals surface area (Å²) in [5.41, 5.74) is 4.21. The van der Waals surface area contributed by atoms with E-state index in [-0.39, 0.29) is 5.95 Å². The van der Waals surface area contributed by atoms with Crippen molar-refractivity contribution in [2.45, 2.75) is 17.6 Å². The van der Waals surface area contributed by atoms with Gasteiger partial charge in [-0.15, -0.1) is 0 Å². The van der Waals surface area contributed by atoms with Crippen LogP contribution < -0.4 is 11.4 Å². The summed E-state index contributed by atoms with van der Waals surface area (Å²) in [6.07, 6.45) is -1.10. The lowest BCUT2D eigenvalue weighted by Gasteiger charge is -2.22. The fourth-order valence-electron chi connectivity index (χ4n) is 1.19. The number of rotatable bonds is 5. The standard InChI is InChI=1S/C8H13FN4O3S/c1-17-4(2-14)5(15)6(9)13-3-11-7(10)12-8(13)16/h3-6,14-15H,2H2,1H3,(H2,10,12,16)/t4-,5-,6-/m1/s1. The third kappa shape index (κ3) is 3.14. The molecule has 1 rings (SSSR count). The second-order valence-corrected chi connectivity index (χ2v) is 4.30. The van der Waals surface area contributed by atoms with E-state index in [4.69, 9.17) is 10.8 Å². The predicted molar refractivity (Wildman–Crippen MR) is 61.2 cm³/mol. The van der Waals surface area contributed by atoms with Crippen molar-refractivity contribution in [2.24, 2.45) is 0 Å². The third-order valence-electron chi connectivity index (χ3n) is 2.16. The maximum Gasteiger partial charge on any atom is 0.354 e. The summed E-state index contributed by atoms with van der Waals surface area (Å²) < 4.78 is 14.3. The molecule has 0 fully saturated rings. The van der Waals surface area contributed by atoms with Gasteiger partial charge in [-0.05, 0) is 6.26 Å². The molecule has 1 aromatic heterocycles. The number of halogens is 1. The van der Waals surface area contributed by atoms with E-state index in [1.807, 2.05) is 0 Å². The molecule has 7 nitrogen and oxygen atoms in total. The molecule has 3 atom stereocenters. The van der Waals surface area contributed by atoms with Crippen molar-refractivity contribution in [1.82, 2.24) is 14.5 Å². The van der Waals surface area contributed by atoms with E-state index >= 15 is 0 Å². The van der Waals surface area contributed by atoms with Crippen molar-refractivity contribution in [3.63, 3.8) is 0 Å². The SMILES string of the molecule is CS[C@H](CO)[C@@H](O)[C@H](F)n1cnc(N)nc1=O. The van der Waals surface area contributed by atoms with Gasteiger partial charge in [0.1, 0.15) is 12.4 Å². The van der Waals surface area contributed by atoms with E-state index < -0.39 is 29.9 Å². The van der Waals surface area contributed by atoms with E-state index in [0.717, 1.165) is 18.1 Å². The molecule has 0 saturated carbocycles. The zero-order valence-electron chi connectivity index (χ0n) is 9.02. The fourth-order valence-corrected chi connectivity index (χ4v) is 1.75. The van der Waals surface area contributed by atoms with E-state index in [0.29, 0.717) is 4.57 Å². The van der Waals surface area contributed by atoms with Crippen molar-refractivity contribution in [3.8, 4) is 0 Å². The van der Waals surface area contributed by atoms with Gasteiger partial charge in [0.25, 0.3) is 0 Å². The van der Waals surface area contributed by atoms with Gasteiger partial charge in [-0.2, -0.15) is 16.7 Å². The van der Waals surface area contributed by atoms with Gasteiger partial charge in [-0.25, -0.2) is 18.7 Å². The van der Waals surface area contributed by atoms with Gasteiger partial charge in [0.15, 0.2) is 0 Å². The number of aromatic nitrogens is 3. The molecule has 17 heavy (non-hydrogen) atoms. The molecule has 1 aromatic rings. The number of thioether (sulfide) groups is 1. The molecule has 0 amide bonds. The Labute approximate surface area is 101 Å². The predicted octanol–water partition coefficient (Wildman–Crippen LogP) is -1.23. The van der Waals surface area contributed by atoms with Gasteiger partial charge < -0.3 is 15.9 Å². The topological polar surface area (TPSA) is 114 Å². The molecule has 0 bridgehead atoms. The second-order valence-electron chi connectivity index (χ2n) is 3.22. The fraction of sp³-hybridized carbons (Fsp3) is 0.625. The average molecular weight is 264 g/mol. The lowest BCUT2D eigenvalue weighted by molar-refractivity contribution is 0.0194. The van der Waals surface area contributed by atoms with Crippen LogP contribution in [0.4, 0.5) is 10.3 Å². The Morgan fingerprint density at radius 3 is 2.82 bits per heavy atom. The zero-order chi connectivity index (χ0) is 13.0. The number of hydrogen-bond acceptors (Lipinski definition) is 7. The van der Waals surface area contributed by atoms with Gasteiger partial charge in [-0.3, -0.25) is 0 Å². The number of nitrogens with two attached hydrogens (primary N) is 1. The summed E-state index contributed by atoms with van der Waals surface area (Å²) in [6.45, 7) is -0.409. The maximum absolute atomic E-state index is 13.8.